The largest absolute Gasteiger partial charge is 0.480 e. The Labute approximate surface area is 132 Å². The first-order chi connectivity index (χ1) is 10.5. The highest BCUT2D eigenvalue weighted by atomic mass is 16.4. The van der Waals surface area contributed by atoms with E-state index in [0.717, 1.165) is 25.9 Å². The highest BCUT2D eigenvalue weighted by Gasteiger charge is 2.26. The minimum atomic E-state index is -0.780. The molecule has 1 saturated heterocycles. The monoisotopic (exact) mass is 311 g/mol. The molecule has 22 heavy (non-hydrogen) atoms. The van der Waals surface area contributed by atoms with Gasteiger partial charge in [-0.15, -0.1) is 0 Å². The molecular weight excluding hydrogens is 282 g/mol. The minimum Gasteiger partial charge on any atom is -0.480 e. The summed E-state index contributed by atoms with van der Waals surface area (Å²) in [6.45, 7) is 7.33. The topological polar surface area (TPSA) is 72.9 Å². The molecule has 0 radical (unpaired) electrons. The highest BCUT2D eigenvalue weighted by Crippen LogP contribution is 2.23. The van der Waals surface area contributed by atoms with Gasteiger partial charge in [-0.05, 0) is 25.7 Å². The van der Waals surface area contributed by atoms with Crippen LogP contribution < -0.4 is 5.32 Å². The molecule has 0 bridgehead atoms. The molecule has 1 saturated carbocycles. The van der Waals surface area contributed by atoms with E-state index in [9.17, 15) is 9.59 Å². The molecule has 1 heterocycles. The summed E-state index contributed by atoms with van der Waals surface area (Å²) >= 11 is 0. The Morgan fingerprint density at radius 3 is 2.50 bits per heavy atom. The Hall–Kier alpha value is -1.14. The first kappa shape index (κ1) is 17.2. The standard InChI is InChI=1S/C16H29N3O3/c1-12-4-3-5-14(10-12)17-15(20)11-18-6-8-19(9-7-18)13(2)16(21)22/h12-14H,3-11H2,1-2H3,(H,17,20)(H,21,22)/t12-,13+,14-/m1/s1. The van der Waals surface area contributed by atoms with Gasteiger partial charge < -0.3 is 10.4 Å². The lowest BCUT2D eigenvalue weighted by molar-refractivity contribution is -0.143. The summed E-state index contributed by atoms with van der Waals surface area (Å²) in [6, 6.07) is -0.107. The van der Waals surface area contributed by atoms with Gasteiger partial charge in [0.05, 0.1) is 6.54 Å². The van der Waals surface area contributed by atoms with Crippen molar-refractivity contribution in [2.24, 2.45) is 5.92 Å². The predicted molar refractivity (Wildman–Crippen MR) is 84.7 cm³/mol. The molecule has 2 aliphatic rings. The van der Waals surface area contributed by atoms with Crippen LogP contribution in [0.2, 0.25) is 0 Å². The molecule has 2 fully saturated rings. The van der Waals surface area contributed by atoms with Crippen LogP contribution in [0, 0.1) is 5.92 Å². The lowest BCUT2D eigenvalue weighted by Gasteiger charge is -2.36. The van der Waals surface area contributed by atoms with E-state index in [1.807, 2.05) is 4.90 Å². The van der Waals surface area contributed by atoms with Crippen molar-refractivity contribution >= 4 is 11.9 Å². The molecule has 2 rings (SSSR count). The van der Waals surface area contributed by atoms with Gasteiger partial charge in [-0.25, -0.2) is 0 Å². The summed E-state index contributed by atoms with van der Waals surface area (Å²) in [5, 5.41) is 12.2. The van der Waals surface area contributed by atoms with Crippen molar-refractivity contribution < 1.29 is 14.7 Å². The second-order valence-electron chi connectivity index (χ2n) is 6.86. The van der Waals surface area contributed by atoms with Gasteiger partial charge in [0.15, 0.2) is 0 Å². The summed E-state index contributed by atoms with van der Waals surface area (Å²) < 4.78 is 0. The number of amides is 1. The molecule has 1 amide bonds. The molecule has 1 aliphatic heterocycles. The van der Waals surface area contributed by atoms with Crippen LogP contribution in [0.5, 0.6) is 0 Å². The number of carboxylic acid groups (broad SMARTS) is 1. The van der Waals surface area contributed by atoms with Crippen molar-refractivity contribution in [3.05, 3.63) is 0 Å². The van der Waals surface area contributed by atoms with Crippen LogP contribution in [0.25, 0.3) is 0 Å². The fourth-order valence-corrected chi connectivity index (χ4v) is 3.51. The lowest BCUT2D eigenvalue weighted by atomic mass is 9.87. The number of hydrogen-bond acceptors (Lipinski definition) is 4. The van der Waals surface area contributed by atoms with Crippen LogP contribution in [0.3, 0.4) is 0 Å². The Kier molecular flexibility index (Phi) is 6.20. The van der Waals surface area contributed by atoms with Crippen molar-refractivity contribution in [3.63, 3.8) is 0 Å². The zero-order chi connectivity index (χ0) is 16.1. The van der Waals surface area contributed by atoms with Crippen LogP contribution in [-0.2, 0) is 9.59 Å². The molecule has 3 atom stereocenters. The van der Waals surface area contributed by atoms with Gasteiger partial charge >= 0.3 is 5.97 Å². The van der Waals surface area contributed by atoms with Gasteiger partial charge in [0.1, 0.15) is 6.04 Å². The third-order valence-corrected chi connectivity index (χ3v) is 4.98. The Bertz CT molecular complexity index is 394. The lowest BCUT2D eigenvalue weighted by Crippen LogP contribution is -2.54. The number of rotatable bonds is 5. The second-order valence-corrected chi connectivity index (χ2v) is 6.86. The molecule has 126 valence electrons. The summed E-state index contributed by atoms with van der Waals surface area (Å²) in [4.78, 5) is 27.2. The third kappa shape index (κ3) is 4.95. The van der Waals surface area contributed by atoms with Gasteiger partial charge in [0, 0.05) is 32.2 Å². The van der Waals surface area contributed by atoms with E-state index in [1.54, 1.807) is 6.92 Å². The number of nitrogens with zero attached hydrogens (tertiary/aromatic N) is 2. The van der Waals surface area contributed by atoms with Crippen LogP contribution in [0.4, 0.5) is 0 Å². The van der Waals surface area contributed by atoms with E-state index in [4.69, 9.17) is 5.11 Å². The zero-order valence-electron chi connectivity index (χ0n) is 13.8. The number of piperazine rings is 1. The summed E-state index contributed by atoms with van der Waals surface area (Å²) in [5.74, 6) is 0.0385. The number of carbonyl (C=O) groups is 2. The van der Waals surface area contributed by atoms with E-state index in [-0.39, 0.29) is 5.91 Å². The number of hydrogen-bond donors (Lipinski definition) is 2. The van der Waals surface area contributed by atoms with E-state index in [1.165, 1.54) is 12.8 Å². The van der Waals surface area contributed by atoms with Crippen LogP contribution in [0.1, 0.15) is 39.5 Å². The maximum Gasteiger partial charge on any atom is 0.320 e. The van der Waals surface area contributed by atoms with Gasteiger partial charge in [-0.2, -0.15) is 0 Å². The molecule has 1 aliphatic carbocycles. The van der Waals surface area contributed by atoms with Crippen molar-refractivity contribution in [2.75, 3.05) is 32.7 Å². The molecule has 6 heteroatoms. The molecule has 0 aromatic carbocycles. The third-order valence-electron chi connectivity index (χ3n) is 4.98. The summed E-state index contributed by atoms with van der Waals surface area (Å²) in [7, 11) is 0. The van der Waals surface area contributed by atoms with Crippen molar-refractivity contribution in [1.82, 2.24) is 15.1 Å². The zero-order valence-corrected chi connectivity index (χ0v) is 13.8. The van der Waals surface area contributed by atoms with Crippen molar-refractivity contribution in [2.45, 2.75) is 51.6 Å². The fraction of sp³-hybridized carbons (Fsp3) is 0.875. The number of carbonyl (C=O) groups excluding carboxylic acids is 1. The quantitative estimate of drug-likeness (QED) is 0.785. The number of carboxylic acids is 1. The molecule has 0 aromatic heterocycles. The smallest absolute Gasteiger partial charge is 0.320 e. The molecule has 2 N–H and O–H groups in total. The van der Waals surface area contributed by atoms with E-state index in [0.29, 0.717) is 31.6 Å². The maximum atomic E-state index is 12.1. The fourth-order valence-electron chi connectivity index (χ4n) is 3.51. The summed E-state index contributed by atoms with van der Waals surface area (Å²) in [6.07, 6.45) is 4.67. The average molecular weight is 311 g/mol. The van der Waals surface area contributed by atoms with Gasteiger partial charge in [-0.1, -0.05) is 19.8 Å². The Balaban J connectivity index is 1.69. The van der Waals surface area contributed by atoms with Crippen LogP contribution >= 0.6 is 0 Å². The molecular formula is C16H29N3O3. The van der Waals surface area contributed by atoms with E-state index in [2.05, 4.69) is 17.1 Å². The highest BCUT2D eigenvalue weighted by molar-refractivity contribution is 5.78. The van der Waals surface area contributed by atoms with Crippen molar-refractivity contribution in [1.29, 1.82) is 0 Å². The second kappa shape index (κ2) is 7.92. The predicted octanol–water partition coefficient (Wildman–Crippen LogP) is 0.772. The maximum absolute atomic E-state index is 12.1. The molecule has 0 unspecified atom stereocenters. The minimum absolute atomic E-state index is 0.110. The van der Waals surface area contributed by atoms with Gasteiger partial charge in [0.2, 0.25) is 5.91 Å². The SMILES string of the molecule is C[C@@H]1CCC[C@@H](NC(=O)CN2CCN([C@@H](C)C(=O)O)CC2)C1. The Morgan fingerprint density at radius 2 is 1.91 bits per heavy atom. The van der Waals surface area contributed by atoms with Crippen LogP contribution in [-0.4, -0.2) is 71.6 Å². The Morgan fingerprint density at radius 1 is 1.23 bits per heavy atom. The first-order valence-corrected chi connectivity index (χ1v) is 8.44. The molecule has 6 nitrogen and oxygen atoms in total. The van der Waals surface area contributed by atoms with E-state index < -0.39 is 12.0 Å². The van der Waals surface area contributed by atoms with Gasteiger partial charge in [0.25, 0.3) is 0 Å². The number of aliphatic carboxylic acids is 1. The first-order valence-electron chi connectivity index (χ1n) is 8.44. The molecule has 0 spiro atoms. The van der Waals surface area contributed by atoms with E-state index >= 15 is 0 Å². The molecule has 0 aromatic rings. The van der Waals surface area contributed by atoms with Gasteiger partial charge in [-0.3, -0.25) is 19.4 Å². The normalized spacial score (nSPS) is 29.0. The average Bonchev–Trinajstić information content (AvgIpc) is 2.47. The van der Waals surface area contributed by atoms with Crippen LogP contribution in [0.15, 0.2) is 0 Å². The van der Waals surface area contributed by atoms with Crippen molar-refractivity contribution in [3.8, 4) is 0 Å². The summed E-state index contributed by atoms with van der Waals surface area (Å²) in [5.41, 5.74) is 0. The number of nitrogens with one attached hydrogen (secondary N) is 1.